The molecule has 18 heavy (non-hydrogen) atoms. The molecule has 0 aromatic heterocycles. The predicted octanol–water partition coefficient (Wildman–Crippen LogP) is 3.64. The van der Waals surface area contributed by atoms with Crippen LogP contribution in [0, 0.1) is 0 Å². The van der Waals surface area contributed by atoms with Crippen LogP contribution in [0.1, 0.15) is 11.1 Å². The predicted molar refractivity (Wildman–Crippen MR) is 84.1 cm³/mol. The van der Waals surface area contributed by atoms with E-state index in [0.29, 0.717) is 12.8 Å². The van der Waals surface area contributed by atoms with Crippen LogP contribution in [-0.2, 0) is 12.8 Å². The SMILES string of the molecule is OC(CI)(Cc1ccccc1)Cc1ccccc1. The molecule has 0 fully saturated rings. The Hall–Kier alpha value is -0.870. The fourth-order valence-electron chi connectivity index (χ4n) is 2.11. The van der Waals surface area contributed by atoms with E-state index in [4.69, 9.17) is 0 Å². The van der Waals surface area contributed by atoms with Gasteiger partial charge < -0.3 is 5.11 Å². The summed E-state index contributed by atoms with van der Waals surface area (Å²) in [5.74, 6) is 0. The van der Waals surface area contributed by atoms with Crippen LogP contribution in [0.5, 0.6) is 0 Å². The lowest BCUT2D eigenvalue weighted by Gasteiger charge is -2.26. The van der Waals surface area contributed by atoms with Crippen molar-refractivity contribution in [1.29, 1.82) is 0 Å². The minimum atomic E-state index is -0.663. The minimum Gasteiger partial charge on any atom is -0.388 e. The van der Waals surface area contributed by atoms with Gasteiger partial charge in [-0.2, -0.15) is 0 Å². The summed E-state index contributed by atoms with van der Waals surface area (Å²) in [4.78, 5) is 0. The van der Waals surface area contributed by atoms with Gasteiger partial charge in [0.1, 0.15) is 0 Å². The lowest BCUT2D eigenvalue weighted by Crippen LogP contribution is -2.36. The average Bonchev–Trinajstić information content (AvgIpc) is 2.41. The maximum Gasteiger partial charge on any atom is 0.0817 e. The first kappa shape index (κ1) is 13.6. The lowest BCUT2D eigenvalue weighted by molar-refractivity contribution is 0.0690. The Morgan fingerprint density at radius 3 is 1.50 bits per heavy atom. The molecule has 0 aliphatic carbocycles. The molecule has 0 heterocycles. The molecule has 0 saturated carbocycles. The molecular weight excluding hydrogens is 335 g/mol. The number of halogens is 1. The van der Waals surface area contributed by atoms with E-state index in [1.54, 1.807) is 0 Å². The van der Waals surface area contributed by atoms with E-state index >= 15 is 0 Å². The van der Waals surface area contributed by atoms with Gasteiger partial charge in [-0.3, -0.25) is 0 Å². The van der Waals surface area contributed by atoms with Crippen molar-refractivity contribution >= 4 is 22.6 Å². The van der Waals surface area contributed by atoms with Crippen molar-refractivity contribution in [3.8, 4) is 0 Å². The van der Waals surface area contributed by atoms with E-state index < -0.39 is 5.60 Å². The van der Waals surface area contributed by atoms with E-state index in [1.165, 1.54) is 11.1 Å². The molecule has 0 amide bonds. The molecule has 2 heteroatoms. The van der Waals surface area contributed by atoms with Gasteiger partial charge in [0.2, 0.25) is 0 Å². The lowest BCUT2D eigenvalue weighted by atomic mass is 9.90. The maximum atomic E-state index is 10.7. The van der Waals surface area contributed by atoms with Gasteiger partial charge in [-0.25, -0.2) is 0 Å². The first-order valence-corrected chi connectivity index (χ1v) is 7.61. The second-order valence-corrected chi connectivity index (χ2v) is 5.45. The topological polar surface area (TPSA) is 20.2 Å². The van der Waals surface area contributed by atoms with Gasteiger partial charge in [-0.05, 0) is 11.1 Å². The molecule has 0 aliphatic heterocycles. The van der Waals surface area contributed by atoms with Crippen molar-refractivity contribution < 1.29 is 5.11 Å². The molecule has 0 saturated heterocycles. The van der Waals surface area contributed by atoms with Gasteiger partial charge in [0, 0.05) is 17.3 Å². The van der Waals surface area contributed by atoms with E-state index in [2.05, 4.69) is 46.9 Å². The summed E-state index contributed by atoms with van der Waals surface area (Å²) < 4.78 is 0.731. The first-order valence-electron chi connectivity index (χ1n) is 6.08. The van der Waals surface area contributed by atoms with Crippen molar-refractivity contribution in [3.05, 3.63) is 71.8 Å². The fraction of sp³-hybridized carbons (Fsp3) is 0.250. The molecule has 0 radical (unpaired) electrons. The Balaban J connectivity index is 2.11. The number of alkyl halides is 1. The Labute approximate surface area is 122 Å². The monoisotopic (exact) mass is 352 g/mol. The number of hydrogen-bond donors (Lipinski definition) is 1. The van der Waals surface area contributed by atoms with Gasteiger partial charge in [0.25, 0.3) is 0 Å². The fourth-order valence-corrected chi connectivity index (χ4v) is 2.65. The zero-order chi connectivity index (χ0) is 12.8. The van der Waals surface area contributed by atoms with Crippen LogP contribution in [0.15, 0.2) is 60.7 Å². The molecule has 0 bridgehead atoms. The van der Waals surface area contributed by atoms with Crippen LogP contribution in [0.3, 0.4) is 0 Å². The summed E-state index contributed by atoms with van der Waals surface area (Å²) in [5.41, 5.74) is 1.71. The molecule has 2 aromatic carbocycles. The van der Waals surface area contributed by atoms with E-state index in [1.807, 2.05) is 36.4 Å². The quantitative estimate of drug-likeness (QED) is 0.644. The highest BCUT2D eigenvalue weighted by atomic mass is 127. The second kappa shape index (κ2) is 6.34. The zero-order valence-corrected chi connectivity index (χ0v) is 12.4. The number of aliphatic hydroxyl groups is 1. The summed E-state index contributed by atoms with van der Waals surface area (Å²) in [6, 6.07) is 20.4. The van der Waals surface area contributed by atoms with Crippen LogP contribution in [0.2, 0.25) is 0 Å². The third-order valence-electron chi connectivity index (χ3n) is 3.00. The van der Waals surface area contributed by atoms with Gasteiger partial charge in [-0.15, -0.1) is 0 Å². The molecular formula is C16H17IO. The highest BCUT2D eigenvalue weighted by Gasteiger charge is 2.26. The summed E-state index contributed by atoms with van der Waals surface area (Å²) in [6.07, 6.45) is 1.40. The number of hydrogen-bond acceptors (Lipinski definition) is 1. The van der Waals surface area contributed by atoms with Gasteiger partial charge in [0.15, 0.2) is 0 Å². The Morgan fingerprint density at radius 2 is 1.17 bits per heavy atom. The normalized spacial score (nSPS) is 11.4. The Kier molecular flexibility index (Phi) is 4.78. The average molecular weight is 352 g/mol. The molecule has 1 nitrogen and oxygen atoms in total. The number of benzene rings is 2. The van der Waals surface area contributed by atoms with Crippen molar-refractivity contribution in [3.63, 3.8) is 0 Å². The summed E-state index contributed by atoms with van der Waals surface area (Å²) in [5, 5.41) is 10.7. The van der Waals surface area contributed by atoms with E-state index in [0.717, 1.165) is 4.43 Å². The third-order valence-corrected chi connectivity index (χ3v) is 4.42. The smallest absolute Gasteiger partial charge is 0.0817 e. The molecule has 94 valence electrons. The minimum absolute atomic E-state index is 0.663. The van der Waals surface area contributed by atoms with Crippen molar-refractivity contribution in [2.75, 3.05) is 4.43 Å². The van der Waals surface area contributed by atoms with Crippen molar-refractivity contribution in [2.24, 2.45) is 0 Å². The van der Waals surface area contributed by atoms with Crippen LogP contribution in [0.25, 0.3) is 0 Å². The zero-order valence-electron chi connectivity index (χ0n) is 10.2. The van der Waals surface area contributed by atoms with E-state index in [9.17, 15) is 5.11 Å². The van der Waals surface area contributed by atoms with Crippen LogP contribution >= 0.6 is 22.6 Å². The number of rotatable bonds is 5. The van der Waals surface area contributed by atoms with Gasteiger partial charge >= 0.3 is 0 Å². The first-order chi connectivity index (χ1) is 8.72. The molecule has 0 spiro atoms. The van der Waals surface area contributed by atoms with Crippen LogP contribution in [0.4, 0.5) is 0 Å². The highest BCUT2D eigenvalue weighted by molar-refractivity contribution is 14.1. The summed E-state index contributed by atoms with van der Waals surface area (Å²) >= 11 is 2.27. The van der Waals surface area contributed by atoms with Gasteiger partial charge in [0.05, 0.1) is 5.60 Å². The Morgan fingerprint density at radius 1 is 0.778 bits per heavy atom. The van der Waals surface area contributed by atoms with Gasteiger partial charge in [-0.1, -0.05) is 83.3 Å². The van der Waals surface area contributed by atoms with Crippen molar-refractivity contribution in [2.45, 2.75) is 18.4 Å². The maximum absolute atomic E-state index is 10.7. The molecule has 2 rings (SSSR count). The van der Waals surface area contributed by atoms with Crippen LogP contribution < -0.4 is 0 Å². The molecule has 0 unspecified atom stereocenters. The second-order valence-electron chi connectivity index (χ2n) is 4.68. The Bertz CT molecular complexity index is 425. The molecule has 2 aromatic rings. The highest BCUT2D eigenvalue weighted by Crippen LogP contribution is 2.21. The molecule has 0 atom stereocenters. The molecule has 0 aliphatic rings. The van der Waals surface area contributed by atoms with E-state index in [-0.39, 0.29) is 0 Å². The largest absolute Gasteiger partial charge is 0.388 e. The van der Waals surface area contributed by atoms with Crippen molar-refractivity contribution in [1.82, 2.24) is 0 Å². The molecule has 1 N–H and O–H groups in total. The summed E-state index contributed by atoms with van der Waals surface area (Å²) in [6.45, 7) is 0. The van der Waals surface area contributed by atoms with Crippen LogP contribution in [-0.4, -0.2) is 15.1 Å². The third kappa shape index (κ3) is 3.82. The summed E-state index contributed by atoms with van der Waals surface area (Å²) in [7, 11) is 0. The standard InChI is InChI=1S/C16H17IO/c17-13-16(18,11-14-7-3-1-4-8-14)12-15-9-5-2-6-10-15/h1-10,18H,11-13H2.